The van der Waals surface area contributed by atoms with E-state index < -0.39 is 0 Å². The second-order valence-electron chi connectivity index (χ2n) is 5.94. The highest BCUT2D eigenvalue weighted by Crippen LogP contribution is 2.35. The highest BCUT2D eigenvalue weighted by molar-refractivity contribution is 6.31. The van der Waals surface area contributed by atoms with E-state index in [0.717, 1.165) is 18.4 Å². The fourth-order valence-corrected chi connectivity index (χ4v) is 3.70. The molecule has 2 rings (SSSR count). The minimum absolute atomic E-state index is 0.139. The summed E-state index contributed by atoms with van der Waals surface area (Å²) in [6, 6.07) is 5.16. The standard InChI is InChI=1S/C17H25ClFNO/c1-20-15(12-13-8-7-9-14(19)16(13)18)17(21-2)10-5-3-4-6-11-17/h7-9,15,20H,3-6,10-12H2,1-2H3. The second kappa shape index (κ2) is 7.57. The fraction of sp³-hybridized carbons (Fsp3) is 0.647. The lowest BCUT2D eigenvalue weighted by molar-refractivity contribution is -0.0509. The van der Waals surface area contributed by atoms with Crippen molar-refractivity contribution in [3.63, 3.8) is 0 Å². The largest absolute Gasteiger partial charge is 0.377 e. The van der Waals surface area contributed by atoms with Crippen molar-refractivity contribution in [2.75, 3.05) is 14.2 Å². The molecule has 1 saturated carbocycles. The van der Waals surface area contributed by atoms with E-state index in [1.54, 1.807) is 13.2 Å². The number of hydrogen-bond acceptors (Lipinski definition) is 2. The van der Waals surface area contributed by atoms with Gasteiger partial charge in [-0.3, -0.25) is 0 Å². The summed E-state index contributed by atoms with van der Waals surface area (Å²) in [6.45, 7) is 0. The van der Waals surface area contributed by atoms with Crippen molar-refractivity contribution in [3.05, 3.63) is 34.6 Å². The maximum absolute atomic E-state index is 13.6. The van der Waals surface area contributed by atoms with Crippen LogP contribution in [0.3, 0.4) is 0 Å². The summed E-state index contributed by atoms with van der Waals surface area (Å²) < 4.78 is 19.6. The maximum Gasteiger partial charge on any atom is 0.142 e. The van der Waals surface area contributed by atoms with Gasteiger partial charge in [-0.15, -0.1) is 0 Å². The van der Waals surface area contributed by atoms with Crippen LogP contribution in [-0.2, 0) is 11.2 Å². The minimum atomic E-state index is -0.351. The fourth-order valence-electron chi connectivity index (χ4n) is 3.50. The van der Waals surface area contributed by atoms with Crippen molar-refractivity contribution in [2.45, 2.75) is 56.6 Å². The van der Waals surface area contributed by atoms with Gasteiger partial charge in [0.1, 0.15) is 5.82 Å². The molecule has 0 radical (unpaired) electrons. The Balaban J connectivity index is 2.22. The van der Waals surface area contributed by atoms with Crippen molar-refractivity contribution < 1.29 is 9.13 Å². The van der Waals surface area contributed by atoms with Crippen molar-refractivity contribution in [1.82, 2.24) is 5.32 Å². The zero-order valence-electron chi connectivity index (χ0n) is 12.9. The van der Waals surface area contributed by atoms with Gasteiger partial charge in [0.2, 0.25) is 0 Å². The van der Waals surface area contributed by atoms with Gasteiger partial charge < -0.3 is 10.1 Å². The molecule has 0 spiro atoms. The van der Waals surface area contributed by atoms with E-state index >= 15 is 0 Å². The smallest absolute Gasteiger partial charge is 0.142 e. The van der Waals surface area contributed by atoms with Gasteiger partial charge >= 0.3 is 0 Å². The summed E-state index contributed by atoms with van der Waals surface area (Å²) in [4.78, 5) is 0. The third-order valence-corrected chi connectivity index (χ3v) is 5.22. The summed E-state index contributed by atoms with van der Waals surface area (Å²) >= 11 is 6.11. The summed E-state index contributed by atoms with van der Waals surface area (Å²) in [6.07, 6.45) is 7.67. The number of benzene rings is 1. The SMILES string of the molecule is CNC(Cc1cccc(F)c1Cl)C1(OC)CCCCCC1. The summed E-state index contributed by atoms with van der Waals surface area (Å²) in [7, 11) is 3.74. The molecule has 0 amide bonds. The molecule has 1 aromatic carbocycles. The number of ether oxygens (including phenoxy) is 1. The molecule has 1 N–H and O–H groups in total. The number of hydrogen-bond donors (Lipinski definition) is 1. The molecular weight excluding hydrogens is 289 g/mol. The number of nitrogens with one attached hydrogen (secondary N) is 1. The minimum Gasteiger partial charge on any atom is -0.377 e. The molecule has 0 aliphatic heterocycles. The zero-order chi connectivity index (χ0) is 15.3. The molecule has 118 valence electrons. The van der Waals surface area contributed by atoms with Crippen molar-refractivity contribution >= 4 is 11.6 Å². The highest BCUT2D eigenvalue weighted by atomic mass is 35.5. The van der Waals surface area contributed by atoms with E-state index in [2.05, 4.69) is 5.32 Å². The third kappa shape index (κ3) is 3.77. The van der Waals surface area contributed by atoms with Crippen LogP contribution in [0.25, 0.3) is 0 Å². The first-order valence-electron chi connectivity index (χ1n) is 7.78. The van der Waals surface area contributed by atoms with Gasteiger partial charge in [0.15, 0.2) is 0 Å². The Hall–Kier alpha value is -0.640. The summed E-state index contributed by atoms with van der Waals surface area (Å²) in [5.74, 6) is -0.351. The molecule has 1 aromatic rings. The van der Waals surface area contributed by atoms with E-state index in [-0.39, 0.29) is 22.5 Å². The van der Waals surface area contributed by atoms with Gasteiger partial charge in [-0.1, -0.05) is 49.4 Å². The molecular formula is C17H25ClFNO. The first-order chi connectivity index (χ1) is 10.1. The Kier molecular flexibility index (Phi) is 6.03. The van der Waals surface area contributed by atoms with Gasteiger partial charge in [0, 0.05) is 13.2 Å². The molecule has 1 unspecified atom stereocenters. The number of halogens is 2. The predicted molar refractivity (Wildman–Crippen MR) is 85.4 cm³/mol. The van der Waals surface area contributed by atoms with Gasteiger partial charge in [-0.2, -0.15) is 0 Å². The molecule has 1 aliphatic rings. The van der Waals surface area contributed by atoms with E-state index in [9.17, 15) is 4.39 Å². The molecule has 0 aromatic heterocycles. The second-order valence-corrected chi connectivity index (χ2v) is 6.32. The van der Waals surface area contributed by atoms with Crippen LogP contribution in [0.15, 0.2) is 18.2 Å². The lowest BCUT2D eigenvalue weighted by atomic mass is 9.82. The normalized spacial score (nSPS) is 20.0. The lowest BCUT2D eigenvalue weighted by Gasteiger charge is -2.39. The van der Waals surface area contributed by atoms with Crippen molar-refractivity contribution in [2.24, 2.45) is 0 Å². The predicted octanol–water partition coefficient (Wildman–Crippen LogP) is 4.35. The van der Waals surface area contributed by atoms with Crippen LogP contribution < -0.4 is 5.32 Å². The van der Waals surface area contributed by atoms with Crippen LogP contribution in [0.2, 0.25) is 5.02 Å². The van der Waals surface area contributed by atoms with E-state index in [0.29, 0.717) is 6.42 Å². The molecule has 0 bridgehead atoms. The Morgan fingerprint density at radius 1 is 1.29 bits per heavy atom. The van der Waals surface area contributed by atoms with Crippen molar-refractivity contribution in [1.29, 1.82) is 0 Å². The van der Waals surface area contributed by atoms with Crippen LogP contribution in [0.5, 0.6) is 0 Å². The van der Waals surface area contributed by atoms with Crippen LogP contribution in [0.1, 0.15) is 44.1 Å². The monoisotopic (exact) mass is 313 g/mol. The average molecular weight is 314 g/mol. The van der Waals surface area contributed by atoms with Gasteiger partial charge in [-0.05, 0) is 37.9 Å². The van der Waals surface area contributed by atoms with Crippen molar-refractivity contribution in [3.8, 4) is 0 Å². The topological polar surface area (TPSA) is 21.3 Å². The van der Waals surface area contributed by atoms with Crippen LogP contribution >= 0.6 is 11.6 Å². The quantitative estimate of drug-likeness (QED) is 0.816. The Bertz CT molecular complexity index is 458. The zero-order valence-corrected chi connectivity index (χ0v) is 13.7. The molecule has 2 nitrogen and oxygen atoms in total. The van der Waals surface area contributed by atoms with E-state index in [4.69, 9.17) is 16.3 Å². The number of methoxy groups -OCH3 is 1. The maximum atomic E-state index is 13.6. The summed E-state index contributed by atoms with van der Waals surface area (Å²) in [5, 5.41) is 3.61. The summed E-state index contributed by atoms with van der Waals surface area (Å²) in [5.41, 5.74) is 0.664. The average Bonchev–Trinajstić information content (AvgIpc) is 2.75. The molecule has 1 aliphatic carbocycles. The first-order valence-corrected chi connectivity index (χ1v) is 8.16. The Morgan fingerprint density at radius 2 is 1.95 bits per heavy atom. The molecule has 1 fully saturated rings. The van der Waals surface area contributed by atoms with Crippen LogP contribution in [0, 0.1) is 5.82 Å². The first kappa shape index (κ1) is 16.7. The molecule has 0 heterocycles. The van der Waals surface area contributed by atoms with E-state index in [1.165, 1.54) is 31.7 Å². The Morgan fingerprint density at radius 3 is 2.52 bits per heavy atom. The molecule has 0 saturated heterocycles. The van der Waals surface area contributed by atoms with Gasteiger partial charge in [0.25, 0.3) is 0 Å². The van der Waals surface area contributed by atoms with Gasteiger partial charge in [-0.25, -0.2) is 4.39 Å². The van der Waals surface area contributed by atoms with E-state index in [1.807, 2.05) is 13.1 Å². The van der Waals surface area contributed by atoms with Crippen LogP contribution in [-0.4, -0.2) is 25.8 Å². The van der Waals surface area contributed by atoms with Crippen LogP contribution in [0.4, 0.5) is 4.39 Å². The Labute approximate surface area is 132 Å². The molecule has 4 heteroatoms. The van der Waals surface area contributed by atoms with Gasteiger partial charge in [0.05, 0.1) is 10.6 Å². The highest BCUT2D eigenvalue weighted by Gasteiger charge is 2.38. The number of rotatable bonds is 5. The molecule has 21 heavy (non-hydrogen) atoms. The lowest BCUT2D eigenvalue weighted by Crippen LogP contribution is -2.52. The molecule has 1 atom stereocenters. The number of likely N-dealkylation sites (N-methyl/N-ethyl adjacent to an activating group) is 1. The third-order valence-electron chi connectivity index (χ3n) is 4.80.